The number of rotatable bonds is 2. The molecular weight excluding hydrogens is 180 g/mol. The van der Waals surface area contributed by atoms with Crippen molar-refractivity contribution in [3.63, 3.8) is 0 Å². The molecule has 0 saturated carbocycles. The van der Waals surface area contributed by atoms with E-state index in [1.165, 1.54) is 29.5 Å². The van der Waals surface area contributed by atoms with Crippen molar-refractivity contribution in [3.8, 4) is 0 Å². The van der Waals surface area contributed by atoms with Gasteiger partial charge in [-0.1, -0.05) is 44.1 Å². The van der Waals surface area contributed by atoms with Crippen LogP contribution in [0.25, 0.3) is 6.08 Å². The van der Waals surface area contributed by atoms with Crippen LogP contribution in [0.2, 0.25) is 0 Å². The zero-order valence-electron chi connectivity index (χ0n) is 10.2. The van der Waals surface area contributed by atoms with Gasteiger partial charge in [-0.05, 0) is 42.5 Å². The van der Waals surface area contributed by atoms with Crippen molar-refractivity contribution in [2.75, 3.05) is 0 Å². The van der Waals surface area contributed by atoms with Crippen molar-refractivity contribution in [1.29, 1.82) is 0 Å². The maximum atomic E-state index is 2.37. The van der Waals surface area contributed by atoms with Crippen molar-refractivity contribution >= 4 is 6.08 Å². The number of benzene rings is 1. The first-order valence-corrected chi connectivity index (χ1v) is 5.95. The Kier molecular flexibility index (Phi) is 2.68. The van der Waals surface area contributed by atoms with E-state index in [1.807, 2.05) is 0 Å². The van der Waals surface area contributed by atoms with E-state index in [0.29, 0.717) is 5.92 Å². The summed E-state index contributed by atoms with van der Waals surface area (Å²) in [6.07, 6.45) is 4.82. The van der Waals surface area contributed by atoms with E-state index >= 15 is 0 Å². The molecule has 80 valence electrons. The Balaban J connectivity index is 2.55. The molecule has 0 heterocycles. The lowest BCUT2D eigenvalue weighted by Gasteiger charge is -2.15. The van der Waals surface area contributed by atoms with E-state index in [0.717, 1.165) is 0 Å². The van der Waals surface area contributed by atoms with Gasteiger partial charge in [-0.25, -0.2) is 0 Å². The molecule has 0 N–H and O–H groups in total. The minimum atomic E-state index is 0.626. The highest BCUT2D eigenvalue weighted by Crippen LogP contribution is 2.39. The Morgan fingerprint density at radius 1 is 1.20 bits per heavy atom. The summed E-state index contributed by atoms with van der Waals surface area (Å²) in [4.78, 5) is 0. The van der Waals surface area contributed by atoms with Crippen molar-refractivity contribution in [3.05, 3.63) is 40.0 Å². The molecule has 0 nitrogen and oxygen atoms in total. The quantitative estimate of drug-likeness (QED) is 0.661. The molecule has 0 radical (unpaired) electrons. The van der Waals surface area contributed by atoms with Crippen LogP contribution in [0.15, 0.2) is 17.7 Å². The molecule has 2 rings (SSSR count). The molecule has 1 unspecified atom stereocenters. The monoisotopic (exact) mass is 200 g/mol. The normalized spacial score (nSPS) is 18.9. The van der Waals surface area contributed by atoms with Gasteiger partial charge in [0.15, 0.2) is 0 Å². The van der Waals surface area contributed by atoms with Crippen LogP contribution in [0.3, 0.4) is 0 Å². The number of fused-ring (bicyclic) bond motifs is 1. The third kappa shape index (κ3) is 1.62. The number of hydrogen-bond acceptors (Lipinski definition) is 0. The lowest BCUT2D eigenvalue weighted by Crippen LogP contribution is -1.99. The molecule has 1 aromatic rings. The molecule has 0 amide bonds. The minimum Gasteiger partial charge on any atom is -0.0655 e. The van der Waals surface area contributed by atoms with Gasteiger partial charge >= 0.3 is 0 Å². The molecule has 15 heavy (non-hydrogen) atoms. The van der Waals surface area contributed by atoms with Crippen LogP contribution in [0.5, 0.6) is 0 Å². The van der Waals surface area contributed by atoms with Crippen LogP contribution in [0, 0.1) is 6.92 Å². The van der Waals surface area contributed by atoms with Crippen LogP contribution >= 0.6 is 0 Å². The Hall–Kier alpha value is -1.04. The SMILES string of the molecule is CCCc1ccc(C)c2c1C(C)C(C)=C2. The van der Waals surface area contributed by atoms with Crippen LogP contribution < -0.4 is 0 Å². The van der Waals surface area contributed by atoms with Crippen LogP contribution in [0.1, 0.15) is 55.4 Å². The van der Waals surface area contributed by atoms with E-state index in [4.69, 9.17) is 0 Å². The lowest BCUT2D eigenvalue weighted by atomic mass is 9.90. The molecule has 1 aliphatic rings. The first-order valence-electron chi connectivity index (χ1n) is 5.95. The third-order valence-electron chi connectivity index (χ3n) is 3.60. The lowest BCUT2D eigenvalue weighted by molar-refractivity contribution is 0.853. The molecule has 0 heteroatoms. The van der Waals surface area contributed by atoms with Crippen molar-refractivity contribution in [2.24, 2.45) is 0 Å². The van der Waals surface area contributed by atoms with E-state index in [2.05, 4.69) is 45.9 Å². The summed E-state index contributed by atoms with van der Waals surface area (Å²) >= 11 is 0. The van der Waals surface area contributed by atoms with Crippen LogP contribution in [-0.2, 0) is 6.42 Å². The standard InChI is InChI=1S/C15H20/c1-5-6-13-8-7-10(2)14-9-11(3)12(4)15(13)14/h7-9,12H,5-6H2,1-4H3. The fraction of sp³-hybridized carbons (Fsp3) is 0.467. The van der Waals surface area contributed by atoms with Gasteiger partial charge in [-0.2, -0.15) is 0 Å². The first kappa shape index (κ1) is 10.5. The second-order valence-corrected chi connectivity index (χ2v) is 4.73. The van der Waals surface area contributed by atoms with Crippen LogP contribution in [-0.4, -0.2) is 0 Å². The number of allylic oxidation sites excluding steroid dienone is 1. The smallest absolute Gasteiger partial charge is 0.00291 e. The average molecular weight is 200 g/mol. The fourth-order valence-corrected chi connectivity index (χ4v) is 2.56. The summed E-state index contributed by atoms with van der Waals surface area (Å²) in [5.74, 6) is 0.626. The van der Waals surface area contributed by atoms with Crippen LogP contribution in [0.4, 0.5) is 0 Å². The van der Waals surface area contributed by atoms with E-state index in [1.54, 1.807) is 11.1 Å². The van der Waals surface area contributed by atoms with Gasteiger partial charge in [-0.15, -0.1) is 0 Å². The summed E-state index contributed by atoms with van der Waals surface area (Å²) in [5.41, 5.74) is 7.57. The maximum absolute atomic E-state index is 2.37. The van der Waals surface area contributed by atoms with Gasteiger partial charge < -0.3 is 0 Å². The highest BCUT2D eigenvalue weighted by atomic mass is 14.3. The number of aryl methyl sites for hydroxylation is 2. The zero-order chi connectivity index (χ0) is 11.0. The topological polar surface area (TPSA) is 0 Å². The van der Waals surface area contributed by atoms with E-state index < -0.39 is 0 Å². The van der Waals surface area contributed by atoms with Gasteiger partial charge in [-0.3, -0.25) is 0 Å². The van der Waals surface area contributed by atoms with Crippen molar-refractivity contribution in [1.82, 2.24) is 0 Å². The first-order chi connectivity index (χ1) is 7.15. The molecule has 0 bridgehead atoms. The van der Waals surface area contributed by atoms with E-state index in [9.17, 15) is 0 Å². The van der Waals surface area contributed by atoms with Crippen molar-refractivity contribution < 1.29 is 0 Å². The Morgan fingerprint density at radius 3 is 2.60 bits per heavy atom. The summed E-state index contributed by atoms with van der Waals surface area (Å²) in [6, 6.07) is 4.59. The Bertz CT molecular complexity index is 410. The molecule has 0 saturated heterocycles. The van der Waals surface area contributed by atoms with E-state index in [-0.39, 0.29) is 0 Å². The predicted molar refractivity (Wildman–Crippen MR) is 67.2 cm³/mol. The molecular formula is C15H20. The van der Waals surface area contributed by atoms with Gasteiger partial charge in [0.05, 0.1) is 0 Å². The number of hydrogen-bond donors (Lipinski definition) is 0. The molecule has 0 fully saturated rings. The largest absolute Gasteiger partial charge is 0.0655 e. The summed E-state index contributed by atoms with van der Waals surface area (Å²) < 4.78 is 0. The highest BCUT2D eigenvalue weighted by molar-refractivity contribution is 5.70. The summed E-state index contributed by atoms with van der Waals surface area (Å²) in [5, 5.41) is 0. The van der Waals surface area contributed by atoms with Gasteiger partial charge in [0.2, 0.25) is 0 Å². The Morgan fingerprint density at radius 2 is 1.93 bits per heavy atom. The van der Waals surface area contributed by atoms with Gasteiger partial charge in [0, 0.05) is 5.92 Å². The molecule has 0 aromatic heterocycles. The third-order valence-corrected chi connectivity index (χ3v) is 3.60. The second kappa shape index (κ2) is 3.84. The molecule has 1 aromatic carbocycles. The summed E-state index contributed by atoms with van der Waals surface area (Å²) in [7, 11) is 0. The average Bonchev–Trinajstić information content (AvgIpc) is 2.50. The predicted octanol–water partition coefficient (Wildman–Crippen LogP) is 4.47. The molecule has 1 aliphatic carbocycles. The second-order valence-electron chi connectivity index (χ2n) is 4.73. The molecule has 1 atom stereocenters. The van der Waals surface area contributed by atoms with Crippen molar-refractivity contribution in [2.45, 2.75) is 46.5 Å². The maximum Gasteiger partial charge on any atom is 0.00291 e. The summed E-state index contributed by atoms with van der Waals surface area (Å²) in [6.45, 7) is 9.05. The fourth-order valence-electron chi connectivity index (χ4n) is 2.56. The highest BCUT2D eigenvalue weighted by Gasteiger charge is 2.22. The molecule has 0 spiro atoms. The zero-order valence-corrected chi connectivity index (χ0v) is 10.2. The Labute approximate surface area is 93.0 Å². The van der Waals surface area contributed by atoms with Gasteiger partial charge in [0.25, 0.3) is 0 Å². The molecule has 0 aliphatic heterocycles. The van der Waals surface area contributed by atoms with Gasteiger partial charge in [0.1, 0.15) is 0 Å². The minimum absolute atomic E-state index is 0.626.